The van der Waals surface area contributed by atoms with Crippen molar-refractivity contribution in [1.29, 1.82) is 0 Å². The molecule has 0 saturated carbocycles. The van der Waals surface area contributed by atoms with Gasteiger partial charge >= 0.3 is 0 Å². The highest BCUT2D eigenvalue weighted by molar-refractivity contribution is 7.56. The SMILES string of the molecule is CCP(CC)n1cc(-c2ccccc2)c2ccccc21. The summed E-state index contributed by atoms with van der Waals surface area (Å²) in [5.74, 6) is 0. The van der Waals surface area contributed by atoms with Crippen molar-refractivity contribution in [3.05, 3.63) is 60.8 Å². The van der Waals surface area contributed by atoms with E-state index >= 15 is 0 Å². The maximum Gasteiger partial charge on any atom is 0.0521 e. The van der Waals surface area contributed by atoms with Gasteiger partial charge in [-0.05, 0) is 32.0 Å². The summed E-state index contributed by atoms with van der Waals surface area (Å²) in [5.41, 5.74) is 4.04. The van der Waals surface area contributed by atoms with Crippen molar-refractivity contribution in [1.82, 2.24) is 4.34 Å². The van der Waals surface area contributed by atoms with Gasteiger partial charge in [-0.1, -0.05) is 62.4 Å². The van der Waals surface area contributed by atoms with E-state index in [0.29, 0.717) is 0 Å². The molecule has 0 N–H and O–H groups in total. The molecule has 0 atom stereocenters. The van der Waals surface area contributed by atoms with Crippen LogP contribution >= 0.6 is 8.07 Å². The Balaban J connectivity index is 2.24. The number of hydrogen-bond acceptors (Lipinski definition) is 0. The Morgan fingerprint density at radius 2 is 1.50 bits per heavy atom. The number of aromatic nitrogens is 1. The fourth-order valence-electron chi connectivity index (χ4n) is 2.77. The van der Waals surface area contributed by atoms with Crippen molar-refractivity contribution in [3.63, 3.8) is 0 Å². The van der Waals surface area contributed by atoms with Gasteiger partial charge in [0.1, 0.15) is 0 Å². The Bertz CT molecular complexity index is 696. The van der Waals surface area contributed by atoms with Crippen LogP contribution in [0.1, 0.15) is 13.8 Å². The van der Waals surface area contributed by atoms with E-state index in [1.165, 1.54) is 34.4 Å². The van der Waals surface area contributed by atoms with E-state index in [1.54, 1.807) is 0 Å². The van der Waals surface area contributed by atoms with E-state index in [4.69, 9.17) is 0 Å². The standard InChI is InChI=1S/C18H20NP/c1-3-20(4-2)19-14-17(15-10-6-5-7-11-15)16-12-8-9-13-18(16)19/h5-14H,3-4H2,1-2H3. The number of rotatable bonds is 4. The van der Waals surface area contributed by atoms with Gasteiger partial charge in [0.2, 0.25) is 0 Å². The van der Waals surface area contributed by atoms with Gasteiger partial charge in [-0.3, -0.25) is 0 Å². The van der Waals surface area contributed by atoms with E-state index in [0.717, 1.165) is 0 Å². The molecule has 3 rings (SSSR count). The molecule has 20 heavy (non-hydrogen) atoms. The Labute approximate surface area is 122 Å². The second-order valence-corrected chi connectivity index (χ2v) is 7.62. The van der Waals surface area contributed by atoms with Crippen LogP contribution in [0.25, 0.3) is 22.0 Å². The van der Waals surface area contributed by atoms with Crippen LogP contribution in [-0.4, -0.2) is 16.7 Å². The molecule has 1 nitrogen and oxygen atoms in total. The van der Waals surface area contributed by atoms with Crippen molar-refractivity contribution < 1.29 is 0 Å². The Morgan fingerprint density at radius 1 is 0.850 bits per heavy atom. The largest absolute Gasteiger partial charge is 0.325 e. The number of para-hydroxylation sites is 1. The van der Waals surface area contributed by atoms with Crippen LogP contribution in [0.5, 0.6) is 0 Å². The molecule has 0 aliphatic carbocycles. The number of fused-ring (bicyclic) bond motifs is 1. The van der Waals surface area contributed by atoms with Gasteiger partial charge in [0, 0.05) is 17.1 Å². The molecule has 1 heterocycles. The third-order valence-corrected chi connectivity index (χ3v) is 6.21. The van der Waals surface area contributed by atoms with Crippen LogP contribution in [-0.2, 0) is 0 Å². The first-order chi connectivity index (χ1) is 9.85. The summed E-state index contributed by atoms with van der Waals surface area (Å²) >= 11 is 0. The molecule has 0 bridgehead atoms. The minimum absolute atomic E-state index is 0.104. The molecular formula is C18H20NP. The Hall–Kier alpha value is -1.59. The van der Waals surface area contributed by atoms with E-state index in [2.05, 4.69) is 79.0 Å². The summed E-state index contributed by atoms with van der Waals surface area (Å²) in [5, 5.41) is 1.37. The van der Waals surface area contributed by atoms with Gasteiger partial charge in [-0.15, -0.1) is 0 Å². The molecule has 2 heteroatoms. The second-order valence-electron chi connectivity index (χ2n) is 4.91. The molecule has 102 valence electrons. The lowest BCUT2D eigenvalue weighted by molar-refractivity contribution is 1.24. The molecule has 1 aromatic heterocycles. The van der Waals surface area contributed by atoms with Gasteiger partial charge in [0.05, 0.1) is 5.52 Å². The fraction of sp³-hybridized carbons (Fsp3) is 0.222. The third kappa shape index (κ3) is 2.27. The monoisotopic (exact) mass is 281 g/mol. The van der Waals surface area contributed by atoms with Crippen LogP contribution in [0.15, 0.2) is 60.8 Å². The summed E-state index contributed by atoms with van der Waals surface area (Å²) in [6, 6.07) is 19.5. The van der Waals surface area contributed by atoms with Crippen molar-refractivity contribution in [2.45, 2.75) is 13.8 Å². The lowest BCUT2D eigenvalue weighted by Crippen LogP contribution is -1.94. The van der Waals surface area contributed by atoms with E-state index in [-0.39, 0.29) is 8.07 Å². The summed E-state index contributed by atoms with van der Waals surface area (Å²) < 4.78 is 2.52. The number of benzene rings is 2. The molecule has 0 aliphatic heterocycles. The smallest absolute Gasteiger partial charge is 0.0521 e. The summed E-state index contributed by atoms with van der Waals surface area (Å²) in [7, 11) is -0.104. The first-order valence-electron chi connectivity index (χ1n) is 7.26. The molecule has 0 radical (unpaired) electrons. The van der Waals surface area contributed by atoms with Crippen molar-refractivity contribution in [2.24, 2.45) is 0 Å². The van der Waals surface area contributed by atoms with E-state index < -0.39 is 0 Å². The first kappa shape index (κ1) is 13.4. The van der Waals surface area contributed by atoms with Gasteiger partial charge in [-0.2, -0.15) is 0 Å². The highest BCUT2D eigenvalue weighted by Gasteiger charge is 2.14. The summed E-state index contributed by atoms with van der Waals surface area (Å²) in [6.45, 7) is 4.60. The average Bonchev–Trinajstić information content (AvgIpc) is 2.90. The third-order valence-electron chi connectivity index (χ3n) is 3.81. The molecule has 0 unspecified atom stereocenters. The molecule has 0 amide bonds. The van der Waals surface area contributed by atoms with Crippen molar-refractivity contribution in [2.75, 3.05) is 12.3 Å². The average molecular weight is 281 g/mol. The molecule has 0 saturated heterocycles. The molecular weight excluding hydrogens is 261 g/mol. The molecule has 0 fully saturated rings. The summed E-state index contributed by atoms with van der Waals surface area (Å²) in [6.07, 6.45) is 4.83. The van der Waals surface area contributed by atoms with Crippen molar-refractivity contribution >= 4 is 19.0 Å². The molecule has 0 aliphatic rings. The van der Waals surface area contributed by atoms with Crippen LogP contribution in [0.2, 0.25) is 0 Å². The Morgan fingerprint density at radius 3 is 2.20 bits per heavy atom. The van der Waals surface area contributed by atoms with Gasteiger partial charge in [-0.25, -0.2) is 0 Å². The predicted octanol–water partition coefficient (Wildman–Crippen LogP) is 5.59. The van der Waals surface area contributed by atoms with E-state index in [1.807, 2.05) is 0 Å². The second kappa shape index (κ2) is 5.81. The number of hydrogen-bond donors (Lipinski definition) is 0. The minimum Gasteiger partial charge on any atom is -0.325 e. The summed E-state index contributed by atoms with van der Waals surface area (Å²) in [4.78, 5) is 0. The topological polar surface area (TPSA) is 4.93 Å². The fourth-order valence-corrected chi connectivity index (χ4v) is 4.59. The minimum atomic E-state index is -0.104. The molecule has 2 aromatic carbocycles. The van der Waals surface area contributed by atoms with Crippen LogP contribution < -0.4 is 0 Å². The van der Waals surface area contributed by atoms with Crippen LogP contribution in [0.4, 0.5) is 0 Å². The lowest BCUT2D eigenvalue weighted by Gasteiger charge is -2.16. The maximum atomic E-state index is 2.52. The molecule has 3 aromatic rings. The first-order valence-corrected chi connectivity index (χ1v) is 8.92. The van der Waals surface area contributed by atoms with Gasteiger partial charge < -0.3 is 4.34 Å². The lowest BCUT2D eigenvalue weighted by atomic mass is 10.1. The predicted molar refractivity (Wildman–Crippen MR) is 90.8 cm³/mol. The van der Waals surface area contributed by atoms with E-state index in [9.17, 15) is 0 Å². The highest BCUT2D eigenvalue weighted by Crippen LogP contribution is 2.43. The normalized spacial score (nSPS) is 11.3. The zero-order valence-electron chi connectivity index (χ0n) is 12.1. The van der Waals surface area contributed by atoms with Gasteiger partial charge in [0.25, 0.3) is 0 Å². The zero-order chi connectivity index (χ0) is 13.9. The van der Waals surface area contributed by atoms with Crippen molar-refractivity contribution in [3.8, 4) is 11.1 Å². The van der Waals surface area contributed by atoms with Gasteiger partial charge in [0.15, 0.2) is 0 Å². The quantitative estimate of drug-likeness (QED) is 0.549. The van der Waals surface area contributed by atoms with Crippen LogP contribution in [0.3, 0.4) is 0 Å². The van der Waals surface area contributed by atoms with Crippen LogP contribution in [0, 0.1) is 0 Å². The number of nitrogens with zero attached hydrogens (tertiary/aromatic N) is 1. The zero-order valence-corrected chi connectivity index (χ0v) is 13.0. The molecule has 0 spiro atoms. The highest BCUT2D eigenvalue weighted by atomic mass is 31.1. The maximum absolute atomic E-state index is 2.52. The Kier molecular flexibility index (Phi) is 3.89.